The second kappa shape index (κ2) is 8.10. The average molecular weight is 234 g/mol. The first kappa shape index (κ1) is 16.2. The fourth-order valence-electron chi connectivity index (χ4n) is 0.473. The molecule has 0 radical (unpaired) electrons. The molecule has 1 N–H and O–H groups in total. The molecular formula is C6H11KO5S. The predicted molar refractivity (Wildman–Crippen MR) is 43.3 cm³/mol. The first-order chi connectivity index (χ1) is 5.45. The van der Waals surface area contributed by atoms with Crippen LogP contribution in [0.15, 0.2) is 12.7 Å². The quantitative estimate of drug-likeness (QED) is 0.182. The van der Waals surface area contributed by atoms with Crippen molar-refractivity contribution < 1.29 is 75.3 Å². The maximum atomic E-state index is 10.4. The molecule has 0 aliphatic heterocycles. The van der Waals surface area contributed by atoms with Gasteiger partial charge in [0.2, 0.25) is 0 Å². The van der Waals surface area contributed by atoms with Crippen molar-refractivity contribution in [3.63, 3.8) is 0 Å². The maximum Gasteiger partial charge on any atom is 1.00 e. The zero-order chi connectivity index (χ0) is 9.61. The molecule has 0 rings (SSSR count). The van der Waals surface area contributed by atoms with Gasteiger partial charge in [-0.15, -0.1) is 0 Å². The van der Waals surface area contributed by atoms with E-state index in [9.17, 15) is 13.2 Å². The molecule has 7 heteroatoms. The molecule has 0 aromatic rings. The van der Waals surface area contributed by atoms with Crippen LogP contribution in [0.3, 0.4) is 0 Å². The zero-order valence-electron chi connectivity index (χ0n) is 8.39. The summed E-state index contributed by atoms with van der Waals surface area (Å²) in [5.41, 5.74) is 0. The number of carbonyl (C=O) groups excluding carboxylic acids is 1. The Hall–Kier alpha value is 0.756. The summed E-state index contributed by atoms with van der Waals surface area (Å²) >= 11 is 0. The van der Waals surface area contributed by atoms with Crippen molar-refractivity contribution in [3.8, 4) is 0 Å². The van der Waals surface area contributed by atoms with Gasteiger partial charge < -0.3 is 6.16 Å². The largest absolute Gasteiger partial charge is 1.00 e. The molecule has 0 saturated carbocycles. The second-order valence-electron chi connectivity index (χ2n) is 2.01. The molecule has 0 aliphatic carbocycles. The third-order valence-corrected chi connectivity index (χ3v) is 1.76. The van der Waals surface area contributed by atoms with E-state index in [0.717, 1.165) is 6.08 Å². The molecule has 0 amide bonds. The minimum Gasteiger partial charge on any atom is -1.00 e. The molecule has 72 valence electrons. The van der Waals surface area contributed by atoms with E-state index in [-0.39, 0.29) is 65.8 Å². The molecule has 0 fully saturated rings. The van der Waals surface area contributed by atoms with Gasteiger partial charge in [0, 0.05) is 6.08 Å². The third kappa shape index (κ3) is 12.8. The first-order valence-electron chi connectivity index (χ1n) is 3.20. The number of hydrogen-bond acceptors (Lipinski definition) is 4. The van der Waals surface area contributed by atoms with Crippen LogP contribution >= 0.6 is 0 Å². The summed E-state index contributed by atoms with van der Waals surface area (Å²) in [7, 11) is -3.95. The van der Waals surface area contributed by atoms with Crippen LogP contribution in [0.25, 0.3) is 0 Å². The van der Waals surface area contributed by atoms with Crippen LogP contribution in [0.1, 0.15) is 7.85 Å². The van der Waals surface area contributed by atoms with Crippen molar-refractivity contribution >= 4 is 16.1 Å². The Bertz CT molecular complexity index is 263. The number of ether oxygens (including phenoxy) is 1. The fourth-order valence-corrected chi connectivity index (χ4v) is 0.956. The van der Waals surface area contributed by atoms with Gasteiger partial charge in [0.1, 0.15) is 0 Å². The Morgan fingerprint density at radius 2 is 2.15 bits per heavy atom. The topological polar surface area (TPSA) is 80.7 Å². The summed E-state index contributed by atoms with van der Waals surface area (Å²) in [4.78, 5) is 10.4. The number of rotatable bonds is 5. The summed E-state index contributed by atoms with van der Waals surface area (Å²) in [6.45, 7) is 3.11. The van der Waals surface area contributed by atoms with Crippen molar-refractivity contribution in [1.29, 1.82) is 0 Å². The third-order valence-electron chi connectivity index (χ3n) is 0.958. The molecule has 0 atom stereocenters. The van der Waals surface area contributed by atoms with Crippen molar-refractivity contribution in [2.24, 2.45) is 0 Å². The molecule has 0 aliphatic rings. The molecule has 0 heterocycles. The summed E-state index contributed by atoms with van der Waals surface area (Å²) in [5, 5.41) is 0. The number of esters is 1. The van der Waals surface area contributed by atoms with E-state index in [1.54, 1.807) is 0 Å². The second-order valence-corrected chi connectivity index (χ2v) is 3.58. The molecule has 0 spiro atoms. The van der Waals surface area contributed by atoms with Crippen LogP contribution in [-0.4, -0.2) is 31.3 Å². The van der Waals surface area contributed by atoms with E-state index in [4.69, 9.17) is 4.55 Å². The van der Waals surface area contributed by atoms with Crippen LogP contribution in [0, 0.1) is 0 Å². The maximum absolute atomic E-state index is 10.4. The van der Waals surface area contributed by atoms with E-state index < -0.39 is 21.8 Å². The van der Waals surface area contributed by atoms with E-state index in [1.807, 2.05) is 0 Å². The van der Waals surface area contributed by atoms with Gasteiger partial charge in [-0.1, -0.05) is 6.58 Å². The smallest absolute Gasteiger partial charge is 1.00 e. The van der Waals surface area contributed by atoms with Crippen molar-refractivity contribution in [2.75, 3.05) is 12.4 Å². The molecule has 0 bridgehead atoms. The minimum atomic E-state index is -3.95. The fraction of sp³-hybridized carbons (Fsp3) is 0.500. The van der Waals surface area contributed by atoms with Gasteiger partial charge in [0.15, 0.2) is 0 Å². The Labute approximate surface area is 121 Å². The Morgan fingerprint density at radius 1 is 1.62 bits per heavy atom. The van der Waals surface area contributed by atoms with Gasteiger partial charge >= 0.3 is 57.4 Å². The summed E-state index contributed by atoms with van der Waals surface area (Å²) in [5.74, 6) is -1.01. The molecule has 0 aromatic carbocycles. The Morgan fingerprint density at radius 3 is 2.54 bits per heavy atom. The minimum absolute atomic E-state index is 0. The van der Waals surface area contributed by atoms with Crippen molar-refractivity contribution in [2.45, 2.75) is 6.42 Å². The van der Waals surface area contributed by atoms with Crippen LogP contribution in [0.4, 0.5) is 0 Å². The van der Waals surface area contributed by atoms with E-state index in [1.165, 1.54) is 0 Å². The Balaban J connectivity index is -0.000000605. The standard InChI is InChI=1S/C6H10O5S.K.H/c1-2-6(7)11-4-3-5-12(8,9)10;;/h2H,1,3-5H2,(H,8,9,10);;/q;+1;-1. The van der Waals surface area contributed by atoms with Gasteiger partial charge in [-0.2, -0.15) is 8.42 Å². The Kier molecular flexibility index (Phi) is 10.1. The molecule has 13 heavy (non-hydrogen) atoms. The van der Waals surface area contributed by atoms with Crippen LogP contribution < -0.4 is 51.4 Å². The summed E-state index contributed by atoms with van der Waals surface area (Å²) < 4.78 is 33.0. The SMILES string of the molecule is C=CC(=O)OCCCS(=O)(=O)O.[H-].[K+]. The van der Waals surface area contributed by atoms with E-state index in [2.05, 4.69) is 11.3 Å². The molecular weight excluding hydrogens is 223 g/mol. The number of hydrogen-bond donors (Lipinski definition) is 1. The van der Waals surface area contributed by atoms with Gasteiger partial charge in [-0.3, -0.25) is 4.55 Å². The van der Waals surface area contributed by atoms with Crippen LogP contribution in [0.2, 0.25) is 0 Å². The van der Waals surface area contributed by atoms with Gasteiger partial charge in [0.25, 0.3) is 10.1 Å². The van der Waals surface area contributed by atoms with E-state index in [0.29, 0.717) is 0 Å². The molecule has 5 nitrogen and oxygen atoms in total. The normalized spacial score (nSPS) is 9.92. The van der Waals surface area contributed by atoms with Gasteiger partial charge in [-0.25, -0.2) is 4.79 Å². The van der Waals surface area contributed by atoms with Gasteiger partial charge in [0.05, 0.1) is 12.4 Å². The summed E-state index contributed by atoms with van der Waals surface area (Å²) in [6.07, 6.45) is 1.06. The monoisotopic (exact) mass is 234 g/mol. The van der Waals surface area contributed by atoms with E-state index >= 15 is 0 Å². The predicted octanol–water partition coefficient (Wildman–Crippen LogP) is -2.89. The van der Waals surface area contributed by atoms with Crippen molar-refractivity contribution in [1.82, 2.24) is 0 Å². The van der Waals surface area contributed by atoms with Crippen LogP contribution in [-0.2, 0) is 19.6 Å². The molecule has 0 aromatic heterocycles. The van der Waals surface area contributed by atoms with Gasteiger partial charge in [-0.05, 0) is 6.42 Å². The molecule has 0 saturated heterocycles. The number of carbonyl (C=O) groups is 1. The molecule has 0 unspecified atom stereocenters. The zero-order valence-corrected chi connectivity index (χ0v) is 11.3. The van der Waals surface area contributed by atoms with Crippen LogP contribution in [0.5, 0.6) is 0 Å². The first-order valence-corrected chi connectivity index (χ1v) is 4.81. The van der Waals surface area contributed by atoms with Crippen molar-refractivity contribution in [3.05, 3.63) is 12.7 Å². The summed E-state index contributed by atoms with van der Waals surface area (Å²) in [6, 6.07) is 0. The average Bonchev–Trinajstić information content (AvgIpc) is 1.96.